The highest BCUT2D eigenvalue weighted by atomic mass is 16.5. The van der Waals surface area contributed by atoms with Gasteiger partial charge in [0.2, 0.25) is 0 Å². The molecular weight excluding hydrogens is 190 g/mol. The van der Waals surface area contributed by atoms with E-state index in [0.29, 0.717) is 11.8 Å². The maximum Gasteiger partial charge on any atom is 0.309 e. The Labute approximate surface area is 92.8 Å². The lowest BCUT2D eigenvalue weighted by Crippen LogP contribution is -2.40. The number of piperidine rings is 1. The molecule has 0 radical (unpaired) electrons. The van der Waals surface area contributed by atoms with Gasteiger partial charge in [0.05, 0.1) is 13.0 Å². The molecule has 0 amide bonds. The third-order valence-corrected chi connectivity index (χ3v) is 3.36. The van der Waals surface area contributed by atoms with E-state index in [1.54, 1.807) is 0 Å². The molecule has 0 aromatic rings. The molecule has 1 fully saturated rings. The molecule has 2 unspecified atom stereocenters. The molecule has 0 bridgehead atoms. The Morgan fingerprint density at radius 2 is 2.13 bits per heavy atom. The van der Waals surface area contributed by atoms with Gasteiger partial charge in [0, 0.05) is 6.54 Å². The van der Waals surface area contributed by atoms with Crippen LogP contribution in [0.25, 0.3) is 0 Å². The number of carbonyl (C=O) groups excluding carboxylic acids is 1. The van der Waals surface area contributed by atoms with Crippen molar-refractivity contribution in [1.82, 2.24) is 4.90 Å². The summed E-state index contributed by atoms with van der Waals surface area (Å²) in [5, 5.41) is 0. The minimum absolute atomic E-state index is 0.0368. The Morgan fingerprint density at radius 1 is 1.47 bits per heavy atom. The molecule has 0 aliphatic carbocycles. The molecule has 1 aliphatic rings. The predicted octanol–water partition coefficient (Wildman–Crippen LogP) is 1.77. The molecule has 2 atom stereocenters. The highest BCUT2D eigenvalue weighted by molar-refractivity contribution is 5.73. The summed E-state index contributed by atoms with van der Waals surface area (Å²) in [5.74, 6) is 0.869. The van der Waals surface area contributed by atoms with Gasteiger partial charge in [-0.15, -0.1) is 0 Å². The Hall–Kier alpha value is -0.570. The molecule has 0 N–H and O–H groups in total. The lowest BCUT2D eigenvalue weighted by Gasteiger charge is -2.35. The van der Waals surface area contributed by atoms with Gasteiger partial charge >= 0.3 is 5.97 Å². The number of nitrogens with zero attached hydrogens (tertiary/aromatic N) is 1. The summed E-state index contributed by atoms with van der Waals surface area (Å²) in [6, 6.07) is 0. The van der Waals surface area contributed by atoms with Gasteiger partial charge in [-0.25, -0.2) is 0 Å². The maximum atomic E-state index is 11.7. The van der Waals surface area contributed by atoms with Crippen LogP contribution in [0.15, 0.2) is 0 Å². The van der Waals surface area contributed by atoms with Crippen LogP contribution in [0.5, 0.6) is 0 Å². The van der Waals surface area contributed by atoms with E-state index in [1.807, 2.05) is 0 Å². The standard InChI is InChI=1S/C12H23NO2/c1-9(2)11(12(14)15-4)10-6-5-7-13(3)8-10/h9-11H,5-8H2,1-4H3. The van der Waals surface area contributed by atoms with Crippen molar-refractivity contribution in [2.45, 2.75) is 26.7 Å². The van der Waals surface area contributed by atoms with E-state index < -0.39 is 0 Å². The molecule has 1 heterocycles. The van der Waals surface area contributed by atoms with Gasteiger partial charge in [0.1, 0.15) is 0 Å². The summed E-state index contributed by atoms with van der Waals surface area (Å²) in [6.45, 7) is 6.40. The van der Waals surface area contributed by atoms with Gasteiger partial charge in [-0.1, -0.05) is 13.8 Å². The van der Waals surface area contributed by atoms with Crippen LogP contribution >= 0.6 is 0 Å². The van der Waals surface area contributed by atoms with Crippen LogP contribution in [0.4, 0.5) is 0 Å². The Kier molecular flexibility index (Phi) is 4.58. The van der Waals surface area contributed by atoms with Crippen LogP contribution in [0.3, 0.4) is 0 Å². The van der Waals surface area contributed by atoms with Crippen LogP contribution in [-0.2, 0) is 9.53 Å². The van der Waals surface area contributed by atoms with E-state index >= 15 is 0 Å². The lowest BCUT2D eigenvalue weighted by atomic mass is 9.79. The van der Waals surface area contributed by atoms with E-state index in [2.05, 4.69) is 25.8 Å². The van der Waals surface area contributed by atoms with Crippen molar-refractivity contribution in [2.24, 2.45) is 17.8 Å². The van der Waals surface area contributed by atoms with Gasteiger partial charge in [-0.2, -0.15) is 0 Å². The largest absolute Gasteiger partial charge is 0.469 e. The number of hydrogen-bond acceptors (Lipinski definition) is 3. The molecule has 0 aromatic heterocycles. The Balaban J connectivity index is 2.66. The summed E-state index contributed by atoms with van der Waals surface area (Å²) < 4.78 is 4.90. The van der Waals surface area contributed by atoms with Crippen molar-refractivity contribution >= 4 is 5.97 Å². The Morgan fingerprint density at radius 3 is 2.60 bits per heavy atom. The summed E-state index contributed by atoms with van der Waals surface area (Å²) in [5.41, 5.74) is 0. The van der Waals surface area contributed by atoms with Crippen molar-refractivity contribution in [3.8, 4) is 0 Å². The van der Waals surface area contributed by atoms with Gasteiger partial charge in [-0.05, 0) is 38.3 Å². The number of rotatable bonds is 3. The second kappa shape index (κ2) is 5.50. The van der Waals surface area contributed by atoms with E-state index in [-0.39, 0.29) is 11.9 Å². The zero-order valence-corrected chi connectivity index (χ0v) is 10.3. The fourth-order valence-electron chi connectivity index (χ4n) is 2.64. The maximum absolute atomic E-state index is 11.7. The van der Waals surface area contributed by atoms with Crippen molar-refractivity contribution in [2.75, 3.05) is 27.2 Å². The molecule has 15 heavy (non-hydrogen) atoms. The van der Waals surface area contributed by atoms with Gasteiger partial charge in [-0.3, -0.25) is 4.79 Å². The summed E-state index contributed by atoms with van der Waals surface area (Å²) in [4.78, 5) is 14.0. The zero-order chi connectivity index (χ0) is 11.4. The highest BCUT2D eigenvalue weighted by Crippen LogP contribution is 2.29. The van der Waals surface area contributed by atoms with Gasteiger partial charge in [0.25, 0.3) is 0 Å². The number of hydrogen-bond donors (Lipinski definition) is 0. The molecule has 0 spiro atoms. The van der Waals surface area contributed by atoms with Crippen LogP contribution in [-0.4, -0.2) is 38.1 Å². The summed E-state index contributed by atoms with van der Waals surface area (Å²) in [7, 11) is 3.62. The molecule has 0 saturated carbocycles. The smallest absolute Gasteiger partial charge is 0.309 e. The minimum Gasteiger partial charge on any atom is -0.469 e. The first kappa shape index (κ1) is 12.5. The van der Waals surface area contributed by atoms with Crippen LogP contribution in [0.1, 0.15) is 26.7 Å². The zero-order valence-electron chi connectivity index (χ0n) is 10.3. The van der Waals surface area contributed by atoms with Gasteiger partial charge < -0.3 is 9.64 Å². The molecule has 88 valence electrons. The fourth-order valence-corrected chi connectivity index (χ4v) is 2.64. The number of esters is 1. The first-order valence-electron chi connectivity index (χ1n) is 5.82. The third-order valence-electron chi connectivity index (χ3n) is 3.36. The van der Waals surface area contributed by atoms with Crippen molar-refractivity contribution in [3.05, 3.63) is 0 Å². The van der Waals surface area contributed by atoms with E-state index in [4.69, 9.17) is 4.74 Å². The number of likely N-dealkylation sites (tertiary alicyclic amines) is 1. The predicted molar refractivity (Wildman–Crippen MR) is 60.6 cm³/mol. The second-order valence-electron chi connectivity index (χ2n) is 4.96. The first-order valence-corrected chi connectivity index (χ1v) is 5.82. The number of carbonyl (C=O) groups is 1. The fraction of sp³-hybridized carbons (Fsp3) is 0.917. The molecule has 1 aliphatic heterocycles. The summed E-state index contributed by atoms with van der Waals surface area (Å²) >= 11 is 0. The number of ether oxygens (including phenoxy) is 1. The molecular formula is C12H23NO2. The van der Waals surface area contributed by atoms with E-state index in [1.165, 1.54) is 13.5 Å². The van der Waals surface area contributed by atoms with Crippen LogP contribution in [0.2, 0.25) is 0 Å². The topological polar surface area (TPSA) is 29.5 Å². The van der Waals surface area contributed by atoms with Crippen molar-refractivity contribution < 1.29 is 9.53 Å². The van der Waals surface area contributed by atoms with E-state index in [9.17, 15) is 4.79 Å². The average Bonchev–Trinajstić information content (AvgIpc) is 2.17. The lowest BCUT2D eigenvalue weighted by molar-refractivity contribution is -0.150. The molecule has 1 saturated heterocycles. The monoisotopic (exact) mass is 213 g/mol. The third kappa shape index (κ3) is 3.20. The average molecular weight is 213 g/mol. The van der Waals surface area contributed by atoms with Crippen molar-refractivity contribution in [3.63, 3.8) is 0 Å². The quantitative estimate of drug-likeness (QED) is 0.669. The molecule has 3 nitrogen and oxygen atoms in total. The minimum atomic E-state index is -0.0368. The van der Waals surface area contributed by atoms with Crippen molar-refractivity contribution in [1.29, 1.82) is 0 Å². The van der Waals surface area contributed by atoms with E-state index in [0.717, 1.165) is 19.5 Å². The second-order valence-corrected chi connectivity index (χ2v) is 4.96. The highest BCUT2D eigenvalue weighted by Gasteiger charge is 2.33. The summed E-state index contributed by atoms with van der Waals surface area (Å²) in [6.07, 6.45) is 2.35. The molecule has 0 aromatic carbocycles. The molecule has 3 heteroatoms. The van der Waals surface area contributed by atoms with Crippen LogP contribution in [0, 0.1) is 17.8 Å². The van der Waals surface area contributed by atoms with Gasteiger partial charge in [0.15, 0.2) is 0 Å². The first-order chi connectivity index (χ1) is 7.06. The molecule has 1 rings (SSSR count). The Bertz CT molecular complexity index is 216. The normalized spacial score (nSPS) is 25.3. The SMILES string of the molecule is COC(=O)C(C(C)C)C1CCCN(C)C1. The van der Waals surface area contributed by atoms with Crippen LogP contribution < -0.4 is 0 Å². The number of methoxy groups -OCH3 is 1.